The molecule has 0 aliphatic heterocycles. The van der Waals surface area contributed by atoms with Crippen molar-refractivity contribution in [1.29, 1.82) is 0 Å². The maximum absolute atomic E-state index is 12.7. The number of hydrogen-bond donors (Lipinski definition) is 0. The zero-order valence-electron chi connectivity index (χ0n) is 13.5. The lowest BCUT2D eigenvalue weighted by atomic mass is 9.76. The quantitative estimate of drug-likeness (QED) is 0.769. The second kappa shape index (κ2) is 6.76. The Balaban J connectivity index is 1.64. The fraction of sp³-hybridized carbons (Fsp3) is 0.600. The highest BCUT2D eigenvalue weighted by atomic mass is 16.1. The van der Waals surface area contributed by atoms with Crippen LogP contribution in [0.15, 0.2) is 24.3 Å². The summed E-state index contributed by atoms with van der Waals surface area (Å²) in [5, 5.41) is 0. The number of carbonyl (C=O) groups excluding carboxylic acids is 2. The smallest absolute Gasteiger partial charge is 0.147 e. The van der Waals surface area contributed by atoms with Crippen LogP contribution < -0.4 is 0 Å². The van der Waals surface area contributed by atoms with Gasteiger partial charge in [-0.3, -0.25) is 9.59 Å². The molecule has 118 valence electrons. The first-order valence-corrected chi connectivity index (χ1v) is 8.78. The average molecular weight is 298 g/mol. The maximum Gasteiger partial charge on any atom is 0.147 e. The van der Waals surface area contributed by atoms with Gasteiger partial charge in [0.05, 0.1) is 6.42 Å². The van der Waals surface area contributed by atoms with E-state index in [0.717, 1.165) is 50.9 Å². The summed E-state index contributed by atoms with van der Waals surface area (Å²) in [6.45, 7) is 2.25. The van der Waals surface area contributed by atoms with Crippen molar-refractivity contribution in [1.82, 2.24) is 0 Å². The summed E-state index contributed by atoms with van der Waals surface area (Å²) in [6.07, 6.45) is 7.41. The van der Waals surface area contributed by atoms with Crippen molar-refractivity contribution in [3.8, 4) is 0 Å². The molecule has 2 aliphatic rings. The van der Waals surface area contributed by atoms with E-state index in [0.29, 0.717) is 0 Å². The van der Waals surface area contributed by atoms with Crippen molar-refractivity contribution in [3.63, 3.8) is 0 Å². The van der Waals surface area contributed by atoms with Gasteiger partial charge in [-0.05, 0) is 49.1 Å². The van der Waals surface area contributed by atoms with Crippen LogP contribution in [-0.2, 0) is 16.0 Å². The maximum atomic E-state index is 12.7. The zero-order valence-corrected chi connectivity index (χ0v) is 13.5. The number of rotatable bonds is 4. The van der Waals surface area contributed by atoms with Gasteiger partial charge in [-0.1, -0.05) is 44.0 Å². The number of carbonyl (C=O) groups is 2. The number of ketones is 2. The van der Waals surface area contributed by atoms with Crippen molar-refractivity contribution in [2.45, 2.75) is 64.2 Å². The summed E-state index contributed by atoms with van der Waals surface area (Å²) in [5.41, 5.74) is 2.47. The lowest BCUT2D eigenvalue weighted by molar-refractivity contribution is -0.130. The molecule has 2 aliphatic carbocycles. The lowest BCUT2D eigenvalue weighted by Crippen LogP contribution is -2.26. The predicted molar refractivity (Wildman–Crippen MR) is 87.9 cm³/mol. The summed E-state index contributed by atoms with van der Waals surface area (Å²) < 4.78 is 0. The molecule has 2 nitrogen and oxygen atoms in total. The van der Waals surface area contributed by atoms with E-state index >= 15 is 0 Å². The summed E-state index contributed by atoms with van der Waals surface area (Å²) in [6, 6.07) is 8.25. The van der Waals surface area contributed by atoms with Crippen molar-refractivity contribution < 1.29 is 9.59 Å². The fourth-order valence-electron chi connectivity index (χ4n) is 4.11. The Bertz CT molecular complexity index is 553. The molecular formula is C20H26O2. The fourth-order valence-corrected chi connectivity index (χ4v) is 4.11. The van der Waals surface area contributed by atoms with Crippen LogP contribution >= 0.6 is 0 Å². The van der Waals surface area contributed by atoms with Gasteiger partial charge in [0.1, 0.15) is 11.6 Å². The molecule has 0 aromatic heterocycles. The van der Waals surface area contributed by atoms with Gasteiger partial charge < -0.3 is 0 Å². The van der Waals surface area contributed by atoms with Gasteiger partial charge in [0, 0.05) is 11.8 Å². The minimum atomic E-state index is -0.0450. The largest absolute Gasteiger partial charge is 0.299 e. The summed E-state index contributed by atoms with van der Waals surface area (Å²) in [5.74, 6) is 1.18. The highest BCUT2D eigenvalue weighted by Gasteiger charge is 2.30. The van der Waals surface area contributed by atoms with Crippen LogP contribution in [0, 0.1) is 11.8 Å². The Hall–Kier alpha value is -1.44. The summed E-state index contributed by atoms with van der Waals surface area (Å²) >= 11 is 0. The molecule has 0 N–H and O–H groups in total. The van der Waals surface area contributed by atoms with Crippen LogP contribution in [0.2, 0.25) is 0 Å². The molecule has 1 atom stereocenters. The summed E-state index contributed by atoms with van der Waals surface area (Å²) in [4.78, 5) is 25.1. The van der Waals surface area contributed by atoms with E-state index in [1.165, 1.54) is 11.1 Å². The third-order valence-corrected chi connectivity index (χ3v) is 5.58. The first-order chi connectivity index (χ1) is 10.6. The number of aryl methyl sites for hydroxylation is 1. The van der Waals surface area contributed by atoms with Crippen LogP contribution in [0.1, 0.15) is 68.9 Å². The molecule has 0 radical (unpaired) electrons. The molecule has 22 heavy (non-hydrogen) atoms. The molecule has 2 heteroatoms. The van der Waals surface area contributed by atoms with Gasteiger partial charge in [0.15, 0.2) is 0 Å². The Morgan fingerprint density at radius 3 is 2.50 bits per heavy atom. The molecule has 0 heterocycles. The third kappa shape index (κ3) is 3.31. The van der Waals surface area contributed by atoms with Crippen LogP contribution in [-0.4, -0.2) is 11.6 Å². The molecule has 1 saturated carbocycles. The predicted octanol–water partition coefficient (Wildman–Crippen LogP) is 4.46. The highest BCUT2D eigenvalue weighted by Crippen LogP contribution is 2.34. The molecule has 0 saturated heterocycles. The van der Waals surface area contributed by atoms with Crippen molar-refractivity contribution in [2.75, 3.05) is 0 Å². The molecular weight excluding hydrogens is 272 g/mol. The monoisotopic (exact) mass is 298 g/mol. The van der Waals surface area contributed by atoms with Gasteiger partial charge in [0.25, 0.3) is 0 Å². The van der Waals surface area contributed by atoms with E-state index in [-0.39, 0.29) is 29.8 Å². The van der Waals surface area contributed by atoms with Gasteiger partial charge in [-0.15, -0.1) is 0 Å². The molecule has 0 spiro atoms. The van der Waals surface area contributed by atoms with Gasteiger partial charge in [-0.25, -0.2) is 0 Å². The number of hydrogen-bond acceptors (Lipinski definition) is 2. The first-order valence-electron chi connectivity index (χ1n) is 8.78. The van der Waals surface area contributed by atoms with Gasteiger partial charge >= 0.3 is 0 Å². The molecule has 1 fully saturated rings. The van der Waals surface area contributed by atoms with E-state index in [1.807, 2.05) is 12.1 Å². The van der Waals surface area contributed by atoms with Gasteiger partial charge in [-0.2, -0.15) is 0 Å². The molecule has 3 rings (SSSR count). The van der Waals surface area contributed by atoms with Crippen LogP contribution in [0.3, 0.4) is 0 Å². The van der Waals surface area contributed by atoms with Crippen molar-refractivity contribution in [2.24, 2.45) is 11.8 Å². The number of benzene rings is 1. The standard InChI is InChI=1S/C20H26O2/c1-14-9-11-16(12-10-14)19(21)13-20(22)18-8-4-6-15-5-2-3-7-17(15)18/h2-3,5,7,14,16,18H,4,6,8-13H2,1H3. The Kier molecular flexibility index (Phi) is 4.75. The second-order valence-electron chi connectivity index (χ2n) is 7.21. The first kappa shape index (κ1) is 15.5. The minimum absolute atomic E-state index is 0.0450. The molecule has 0 bridgehead atoms. The van der Waals surface area contributed by atoms with E-state index in [2.05, 4.69) is 19.1 Å². The molecule has 1 unspecified atom stereocenters. The Labute approximate surface area is 133 Å². The summed E-state index contributed by atoms with van der Waals surface area (Å²) in [7, 11) is 0. The van der Waals surface area contributed by atoms with Gasteiger partial charge in [0.2, 0.25) is 0 Å². The normalized spacial score (nSPS) is 28.0. The zero-order chi connectivity index (χ0) is 15.5. The molecule has 1 aromatic rings. The Morgan fingerprint density at radius 2 is 1.73 bits per heavy atom. The van der Waals surface area contributed by atoms with Crippen LogP contribution in [0.4, 0.5) is 0 Å². The van der Waals surface area contributed by atoms with Crippen molar-refractivity contribution >= 4 is 11.6 Å². The second-order valence-corrected chi connectivity index (χ2v) is 7.21. The number of Topliss-reactive ketones (excluding diaryl/α,β-unsaturated/α-hetero) is 2. The van der Waals surface area contributed by atoms with E-state index in [1.54, 1.807) is 0 Å². The highest BCUT2D eigenvalue weighted by molar-refractivity contribution is 6.03. The molecule has 0 amide bonds. The lowest BCUT2D eigenvalue weighted by Gasteiger charge is -2.27. The average Bonchev–Trinajstić information content (AvgIpc) is 2.54. The van der Waals surface area contributed by atoms with E-state index in [9.17, 15) is 9.59 Å². The Morgan fingerprint density at radius 1 is 1.00 bits per heavy atom. The van der Waals surface area contributed by atoms with Crippen LogP contribution in [0.25, 0.3) is 0 Å². The van der Waals surface area contributed by atoms with E-state index in [4.69, 9.17) is 0 Å². The topological polar surface area (TPSA) is 34.1 Å². The van der Waals surface area contributed by atoms with Crippen molar-refractivity contribution in [3.05, 3.63) is 35.4 Å². The SMILES string of the molecule is CC1CCC(C(=O)CC(=O)C2CCCc3ccccc32)CC1. The minimum Gasteiger partial charge on any atom is -0.299 e. The number of fused-ring (bicyclic) bond motifs is 1. The van der Waals surface area contributed by atoms with Crippen LogP contribution in [0.5, 0.6) is 0 Å². The van der Waals surface area contributed by atoms with E-state index < -0.39 is 0 Å². The molecule has 1 aromatic carbocycles. The third-order valence-electron chi connectivity index (χ3n) is 5.58.